The first kappa shape index (κ1) is 12.4. The molecule has 2 aliphatic carbocycles. The van der Waals surface area contributed by atoms with Crippen molar-refractivity contribution in [3.05, 3.63) is 34.6 Å². The number of nitrogens with one attached hydrogen (secondary N) is 1. The molecule has 0 amide bonds. The molecule has 3 N–H and O–H groups in total. The summed E-state index contributed by atoms with van der Waals surface area (Å²) in [6, 6.07) is 4.73. The van der Waals surface area contributed by atoms with Crippen molar-refractivity contribution in [2.75, 3.05) is 0 Å². The van der Waals surface area contributed by atoms with Crippen molar-refractivity contribution in [2.45, 2.75) is 31.7 Å². The minimum atomic E-state index is -0.237. The van der Waals surface area contributed by atoms with Crippen molar-refractivity contribution in [1.29, 1.82) is 0 Å². The van der Waals surface area contributed by atoms with Crippen molar-refractivity contribution >= 4 is 11.6 Å². The number of fused-ring (bicyclic) bond motifs is 1. The largest absolute Gasteiger partial charge is 0.271 e. The molecule has 2 fully saturated rings. The number of rotatable bonds is 4. The minimum absolute atomic E-state index is 0.206. The molecule has 0 aromatic heterocycles. The lowest BCUT2D eigenvalue weighted by Crippen LogP contribution is -2.42. The Morgan fingerprint density at radius 1 is 1.33 bits per heavy atom. The van der Waals surface area contributed by atoms with Crippen molar-refractivity contribution in [3.63, 3.8) is 0 Å². The van der Waals surface area contributed by atoms with Gasteiger partial charge in [0, 0.05) is 11.1 Å². The molecule has 4 heteroatoms. The third kappa shape index (κ3) is 2.40. The summed E-state index contributed by atoms with van der Waals surface area (Å²) in [5.74, 6) is 7.88. The molecule has 0 radical (unpaired) electrons. The lowest BCUT2D eigenvalue weighted by atomic mass is 9.90. The first-order valence-corrected chi connectivity index (χ1v) is 6.95. The number of nitrogens with two attached hydrogens (primary N) is 1. The molecule has 0 spiro atoms. The van der Waals surface area contributed by atoms with E-state index in [2.05, 4.69) is 5.43 Å². The molecule has 1 aromatic rings. The summed E-state index contributed by atoms with van der Waals surface area (Å²) in [6.45, 7) is 0. The van der Waals surface area contributed by atoms with Crippen molar-refractivity contribution in [3.8, 4) is 0 Å². The van der Waals surface area contributed by atoms with E-state index in [9.17, 15) is 4.39 Å². The molecule has 1 aromatic carbocycles. The Bertz CT molecular complexity index is 441. The molecular weight excluding hydrogens is 251 g/mol. The van der Waals surface area contributed by atoms with Gasteiger partial charge in [-0.2, -0.15) is 0 Å². The highest BCUT2D eigenvalue weighted by molar-refractivity contribution is 6.31. The summed E-state index contributed by atoms with van der Waals surface area (Å²) >= 11 is 6.11. The van der Waals surface area contributed by atoms with Gasteiger partial charge in [0.1, 0.15) is 5.82 Å². The number of hydrazine groups is 1. The molecule has 3 rings (SSSR count). The predicted octanol–water partition coefficient (Wildman–Crippen LogP) is 2.90. The average Bonchev–Trinajstić information content (AvgIpc) is 2.97. The van der Waals surface area contributed by atoms with Gasteiger partial charge in [-0.3, -0.25) is 11.3 Å². The van der Waals surface area contributed by atoms with Gasteiger partial charge in [-0.05, 0) is 67.2 Å². The van der Waals surface area contributed by atoms with Gasteiger partial charge in [0.2, 0.25) is 0 Å². The van der Waals surface area contributed by atoms with Crippen LogP contribution >= 0.6 is 11.6 Å². The SMILES string of the molecule is NNC(Cc1cc(F)ccc1Cl)C1CC2CC2C1. The highest BCUT2D eigenvalue weighted by atomic mass is 35.5. The number of hydrogen-bond donors (Lipinski definition) is 2. The second-order valence-corrected chi connectivity index (χ2v) is 6.11. The predicted molar refractivity (Wildman–Crippen MR) is 70.5 cm³/mol. The standard InChI is InChI=1S/C14H18ClFN2/c15-13-2-1-12(16)6-10(13)7-14(18-17)11-4-8-3-9(8)5-11/h1-2,6,8-9,11,14,18H,3-5,7,17H2. The molecule has 98 valence electrons. The Labute approximate surface area is 112 Å². The van der Waals surface area contributed by atoms with Gasteiger partial charge in [-0.15, -0.1) is 0 Å². The Morgan fingerprint density at radius 3 is 2.72 bits per heavy atom. The van der Waals surface area contributed by atoms with E-state index < -0.39 is 0 Å². The first-order valence-electron chi connectivity index (χ1n) is 6.57. The zero-order valence-corrected chi connectivity index (χ0v) is 11.0. The Kier molecular flexibility index (Phi) is 3.31. The van der Waals surface area contributed by atoms with Crippen LogP contribution in [0.1, 0.15) is 24.8 Å². The summed E-state index contributed by atoms with van der Waals surface area (Å²) in [5.41, 5.74) is 3.75. The fourth-order valence-corrected chi connectivity index (χ4v) is 3.58. The van der Waals surface area contributed by atoms with Crippen molar-refractivity contribution in [1.82, 2.24) is 5.43 Å². The lowest BCUT2D eigenvalue weighted by molar-refractivity contribution is 0.335. The molecule has 2 aliphatic rings. The van der Waals surface area contributed by atoms with Crippen LogP contribution in [0.3, 0.4) is 0 Å². The highest BCUT2D eigenvalue weighted by Crippen LogP contribution is 2.55. The second-order valence-electron chi connectivity index (χ2n) is 5.70. The second kappa shape index (κ2) is 4.80. The van der Waals surface area contributed by atoms with E-state index in [1.807, 2.05) is 0 Å². The molecule has 0 aliphatic heterocycles. The van der Waals surface area contributed by atoms with E-state index in [0.717, 1.165) is 17.4 Å². The molecule has 3 unspecified atom stereocenters. The van der Waals surface area contributed by atoms with Gasteiger partial charge in [0.05, 0.1) is 0 Å². The lowest BCUT2D eigenvalue weighted by Gasteiger charge is -2.24. The van der Waals surface area contributed by atoms with Crippen molar-refractivity contribution in [2.24, 2.45) is 23.6 Å². The molecule has 3 atom stereocenters. The van der Waals surface area contributed by atoms with Gasteiger partial charge in [-0.1, -0.05) is 11.6 Å². The third-order valence-corrected chi connectivity index (χ3v) is 4.88. The van der Waals surface area contributed by atoms with Crippen LogP contribution in [-0.2, 0) is 6.42 Å². The third-order valence-electron chi connectivity index (χ3n) is 4.51. The maximum atomic E-state index is 13.2. The van der Waals surface area contributed by atoms with Crippen LogP contribution in [0.25, 0.3) is 0 Å². The monoisotopic (exact) mass is 268 g/mol. The van der Waals surface area contributed by atoms with Crippen LogP contribution in [0.2, 0.25) is 5.02 Å². The van der Waals surface area contributed by atoms with E-state index in [1.165, 1.54) is 31.4 Å². The van der Waals surface area contributed by atoms with Gasteiger partial charge >= 0.3 is 0 Å². The van der Waals surface area contributed by atoms with E-state index >= 15 is 0 Å². The van der Waals surface area contributed by atoms with Crippen LogP contribution < -0.4 is 11.3 Å². The summed E-state index contributed by atoms with van der Waals surface area (Å²) in [5, 5.41) is 0.625. The minimum Gasteiger partial charge on any atom is -0.271 e. The van der Waals surface area contributed by atoms with Crippen LogP contribution in [0, 0.1) is 23.6 Å². The van der Waals surface area contributed by atoms with Gasteiger partial charge in [0.15, 0.2) is 0 Å². The highest BCUT2D eigenvalue weighted by Gasteiger charge is 2.47. The molecule has 0 heterocycles. The molecule has 2 nitrogen and oxygen atoms in total. The molecule has 0 bridgehead atoms. The van der Waals surface area contributed by atoms with E-state index in [-0.39, 0.29) is 11.9 Å². The summed E-state index contributed by atoms with van der Waals surface area (Å²) in [7, 11) is 0. The van der Waals surface area contributed by atoms with Crippen LogP contribution in [0.4, 0.5) is 4.39 Å². The molecule has 18 heavy (non-hydrogen) atoms. The molecule has 2 saturated carbocycles. The van der Waals surface area contributed by atoms with Gasteiger partial charge in [-0.25, -0.2) is 4.39 Å². The summed E-state index contributed by atoms with van der Waals surface area (Å²) in [4.78, 5) is 0. The zero-order chi connectivity index (χ0) is 12.7. The fourth-order valence-electron chi connectivity index (χ4n) is 3.39. The fraction of sp³-hybridized carbons (Fsp3) is 0.571. The van der Waals surface area contributed by atoms with Gasteiger partial charge < -0.3 is 0 Å². The summed E-state index contributed by atoms with van der Waals surface area (Å²) < 4.78 is 13.2. The van der Waals surface area contributed by atoms with Crippen LogP contribution in [0.5, 0.6) is 0 Å². The zero-order valence-electron chi connectivity index (χ0n) is 10.2. The topological polar surface area (TPSA) is 38.0 Å². The maximum Gasteiger partial charge on any atom is 0.123 e. The first-order chi connectivity index (χ1) is 8.67. The van der Waals surface area contributed by atoms with Crippen LogP contribution in [0.15, 0.2) is 18.2 Å². The number of benzene rings is 1. The van der Waals surface area contributed by atoms with E-state index in [1.54, 1.807) is 6.07 Å². The van der Waals surface area contributed by atoms with Crippen LogP contribution in [-0.4, -0.2) is 6.04 Å². The number of hydrogen-bond acceptors (Lipinski definition) is 2. The molecule has 0 saturated heterocycles. The normalized spacial score (nSPS) is 31.2. The average molecular weight is 269 g/mol. The Hall–Kier alpha value is -0.640. The smallest absolute Gasteiger partial charge is 0.123 e. The Morgan fingerprint density at radius 2 is 2.06 bits per heavy atom. The van der Waals surface area contributed by atoms with Gasteiger partial charge in [0.25, 0.3) is 0 Å². The van der Waals surface area contributed by atoms with E-state index in [4.69, 9.17) is 17.4 Å². The number of halogens is 2. The van der Waals surface area contributed by atoms with E-state index in [0.29, 0.717) is 17.4 Å². The Balaban J connectivity index is 1.70. The summed E-state index contributed by atoms with van der Waals surface area (Å²) in [6.07, 6.45) is 4.62. The van der Waals surface area contributed by atoms with Crippen molar-refractivity contribution < 1.29 is 4.39 Å². The quantitative estimate of drug-likeness (QED) is 0.651. The maximum absolute atomic E-state index is 13.2. The molecular formula is C14H18ClFN2.